The molecule has 9 heteroatoms. The van der Waals surface area contributed by atoms with Crippen molar-refractivity contribution in [2.45, 2.75) is 27.4 Å². The van der Waals surface area contributed by atoms with E-state index in [4.69, 9.17) is 4.74 Å². The summed E-state index contributed by atoms with van der Waals surface area (Å²) in [6.07, 6.45) is 1.51. The van der Waals surface area contributed by atoms with Crippen LogP contribution >= 0.6 is 15.9 Å². The van der Waals surface area contributed by atoms with Crippen LogP contribution in [0.1, 0.15) is 28.1 Å². The third-order valence-electron chi connectivity index (χ3n) is 6.72. The van der Waals surface area contributed by atoms with Crippen molar-refractivity contribution in [2.75, 3.05) is 4.90 Å². The first-order chi connectivity index (χ1) is 19.1. The molecule has 1 aliphatic rings. The van der Waals surface area contributed by atoms with Gasteiger partial charge in [0, 0.05) is 27.1 Å². The molecule has 4 amide bonds. The number of aromatic nitrogens is 1. The number of hydrogen-bond acceptors (Lipinski definition) is 4. The van der Waals surface area contributed by atoms with Gasteiger partial charge in [-0.15, -0.1) is 0 Å². The third-order valence-corrected chi connectivity index (χ3v) is 7.61. The number of benzene rings is 3. The minimum absolute atomic E-state index is 0.112. The second-order valence-corrected chi connectivity index (χ2v) is 10.3. The van der Waals surface area contributed by atoms with Crippen LogP contribution < -0.4 is 15.0 Å². The van der Waals surface area contributed by atoms with Gasteiger partial charge < -0.3 is 9.30 Å². The summed E-state index contributed by atoms with van der Waals surface area (Å²) in [5, 5.41) is 2.27. The summed E-state index contributed by atoms with van der Waals surface area (Å²) in [7, 11) is 0. The number of imide groups is 2. The predicted molar refractivity (Wildman–Crippen MR) is 154 cm³/mol. The van der Waals surface area contributed by atoms with Crippen LogP contribution in [0.5, 0.6) is 5.75 Å². The van der Waals surface area contributed by atoms with E-state index < -0.39 is 17.8 Å². The highest BCUT2D eigenvalue weighted by atomic mass is 79.9. The van der Waals surface area contributed by atoms with Gasteiger partial charge in [-0.05, 0) is 92.6 Å². The number of hydrogen-bond donors (Lipinski definition) is 1. The van der Waals surface area contributed by atoms with Gasteiger partial charge in [-0.2, -0.15) is 0 Å². The Morgan fingerprint density at radius 2 is 1.62 bits per heavy atom. The molecule has 0 bridgehead atoms. The fourth-order valence-corrected chi connectivity index (χ4v) is 4.86. The molecule has 1 fully saturated rings. The maximum Gasteiger partial charge on any atom is 0.335 e. The summed E-state index contributed by atoms with van der Waals surface area (Å²) < 4.78 is 22.5. The first kappa shape index (κ1) is 27.1. The van der Waals surface area contributed by atoms with Crippen molar-refractivity contribution in [1.82, 2.24) is 9.88 Å². The summed E-state index contributed by atoms with van der Waals surface area (Å²) in [6.45, 7) is 5.76. The summed E-state index contributed by atoms with van der Waals surface area (Å²) in [6, 6.07) is 20.0. The number of ether oxygens (including phenoxy) is 1. The van der Waals surface area contributed by atoms with E-state index in [1.165, 1.54) is 12.1 Å². The molecule has 40 heavy (non-hydrogen) atoms. The lowest BCUT2D eigenvalue weighted by molar-refractivity contribution is -0.122. The van der Waals surface area contributed by atoms with E-state index in [0.717, 1.165) is 32.0 Å². The first-order valence-corrected chi connectivity index (χ1v) is 13.3. The Labute approximate surface area is 239 Å². The van der Waals surface area contributed by atoms with Crippen LogP contribution in [-0.2, 0) is 16.2 Å². The highest BCUT2D eigenvalue weighted by Gasteiger charge is 2.37. The molecule has 0 unspecified atom stereocenters. The van der Waals surface area contributed by atoms with Gasteiger partial charge in [-0.1, -0.05) is 34.1 Å². The fraction of sp³-hybridized carbons (Fsp3) is 0.129. The lowest BCUT2D eigenvalue weighted by atomic mass is 10.1. The molecular weight excluding hydrogens is 577 g/mol. The molecule has 3 aromatic carbocycles. The number of anilines is 1. The molecule has 0 aliphatic carbocycles. The molecule has 1 saturated heterocycles. The highest BCUT2D eigenvalue weighted by Crippen LogP contribution is 2.29. The van der Waals surface area contributed by atoms with Crippen molar-refractivity contribution >= 4 is 45.5 Å². The van der Waals surface area contributed by atoms with E-state index in [1.54, 1.807) is 48.5 Å². The molecule has 7 nitrogen and oxygen atoms in total. The molecule has 0 saturated carbocycles. The van der Waals surface area contributed by atoms with Crippen molar-refractivity contribution in [2.24, 2.45) is 0 Å². The fourth-order valence-electron chi connectivity index (χ4n) is 4.61. The third kappa shape index (κ3) is 5.20. The zero-order chi connectivity index (χ0) is 28.6. The number of barbiturate groups is 1. The van der Waals surface area contributed by atoms with Crippen molar-refractivity contribution < 1.29 is 23.5 Å². The van der Waals surface area contributed by atoms with Crippen molar-refractivity contribution in [3.8, 4) is 11.4 Å². The van der Waals surface area contributed by atoms with Crippen molar-refractivity contribution in [3.05, 3.63) is 117 Å². The van der Waals surface area contributed by atoms with Gasteiger partial charge in [0.15, 0.2) is 0 Å². The van der Waals surface area contributed by atoms with Crippen molar-refractivity contribution in [1.29, 1.82) is 0 Å². The molecule has 1 N–H and O–H groups in total. The van der Waals surface area contributed by atoms with Crippen LogP contribution in [0, 0.1) is 26.6 Å². The highest BCUT2D eigenvalue weighted by molar-refractivity contribution is 9.10. The smallest absolute Gasteiger partial charge is 0.335 e. The van der Waals surface area contributed by atoms with Gasteiger partial charge >= 0.3 is 6.03 Å². The second-order valence-electron chi connectivity index (χ2n) is 9.43. The lowest BCUT2D eigenvalue weighted by Crippen LogP contribution is -2.54. The molecule has 4 aromatic rings. The van der Waals surface area contributed by atoms with E-state index in [2.05, 4.69) is 21.2 Å². The number of urea groups is 1. The van der Waals surface area contributed by atoms with Crippen LogP contribution in [0.3, 0.4) is 0 Å². The van der Waals surface area contributed by atoms with Crippen molar-refractivity contribution in [3.63, 3.8) is 0 Å². The Balaban J connectivity index is 1.41. The van der Waals surface area contributed by atoms with Gasteiger partial charge in [0.25, 0.3) is 11.8 Å². The minimum atomic E-state index is -0.795. The van der Waals surface area contributed by atoms with Gasteiger partial charge in [0.05, 0.1) is 5.69 Å². The summed E-state index contributed by atoms with van der Waals surface area (Å²) >= 11 is 3.42. The number of carbonyl (C=O) groups excluding carboxylic acids is 3. The normalized spacial score (nSPS) is 14.6. The minimum Gasteiger partial charge on any atom is -0.489 e. The summed E-state index contributed by atoms with van der Waals surface area (Å²) in [5.41, 5.74) is 4.72. The molecule has 1 aliphatic heterocycles. The SMILES string of the molecule is Cc1cc(N2C(=O)NC(=O)/C(=C\c3cc(C)n(-c4ccc(OCc5ccccc5F)cc4)c3C)C2=O)ccc1Br. The molecule has 2 heterocycles. The zero-order valence-corrected chi connectivity index (χ0v) is 23.6. The molecule has 0 radical (unpaired) electrons. The number of carbonyl (C=O) groups is 3. The lowest BCUT2D eigenvalue weighted by Gasteiger charge is -2.26. The number of rotatable bonds is 6. The summed E-state index contributed by atoms with van der Waals surface area (Å²) in [5.74, 6) is -1.17. The van der Waals surface area contributed by atoms with Crippen LogP contribution in [0.25, 0.3) is 11.8 Å². The quantitative estimate of drug-likeness (QED) is 0.201. The number of amides is 4. The first-order valence-electron chi connectivity index (χ1n) is 12.5. The number of halogens is 2. The average molecular weight is 602 g/mol. The molecular formula is C31H25BrFN3O4. The molecule has 5 rings (SSSR count). The topological polar surface area (TPSA) is 80.6 Å². The van der Waals surface area contributed by atoms with Gasteiger partial charge in [0.1, 0.15) is 23.7 Å². The molecule has 1 aromatic heterocycles. The van der Waals surface area contributed by atoms with Crippen LogP contribution in [0.2, 0.25) is 0 Å². The standard InChI is InChI=1S/C31H25BrFN3O4/c1-18-14-24(10-13-27(18)32)36-30(38)26(29(37)34-31(36)39)16-22-15-19(2)35(20(22)3)23-8-11-25(12-9-23)40-17-21-6-4-5-7-28(21)33/h4-16H,17H2,1-3H3,(H,34,37,39)/b26-16+. The van der Waals surface area contributed by atoms with E-state index in [0.29, 0.717) is 22.6 Å². The van der Waals surface area contributed by atoms with E-state index in [-0.39, 0.29) is 18.0 Å². The van der Waals surface area contributed by atoms with Crippen LogP contribution in [0.15, 0.2) is 82.8 Å². The Hall–Kier alpha value is -4.50. The van der Waals surface area contributed by atoms with Gasteiger partial charge in [-0.25, -0.2) is 14.1 Å². The monoisotopic (exact) mass is 601 g/mol. The predicted octanol–water partition coefficient (Wildman–Crippen LogP) is 6.55. The second kappa shape index (κ2) is 10.9. The Morgan fingerprint density at radius 1 is 0.925 bits per heavy atom. The Kier molecular flexibility index (Phi) is 7.40. The van der Waals surface area contributed by atoms with Crippen LogP contribution in [0.4, 0.5) is 14.9 Å². The Bertz CT molecular complexity index is 1690. The maximum absolute atomic E-state index is 13.9. The molecule has 202 valence electrons. The number of nitrogens with one attached hydrogen (secondary N) is 1. The van der Waals surface area contributed by atoms with Crippen LogP contribution in [-0.4, -0.2) is 22.4 Å². The maximum atomic E-state index is 13.9. The molecule has 0 atom stereocenters. The van der Waals surface area contributed by atoms with E-state index in [9.17, 15) is 18.8 Å². The summed E-state index contributed by atoms with van der Waals surface area (Å²) in [4.78, 5) is 39.6. The van der Waals surface area contributed by atoms with Gasteiger partial charge in [-0.3, -0.25) is 14.9 Å². The number of nitrogens with zero attached hydrogens (tertiary/aromatic N) is 2. The largest absolute Gasteiger partial charge is 0.489 e. The van der Waals surface area contributed by atoms with Gasteiger partial charge in [0.2, 0.25) is 0 Å². The Morgan fingerprint density at radius 3 is 2.33 bits per heavy atom. The van der Waals surface area contributed by atoms with E-state index >= 15 is 0 Å². The average Bonchev–Trinajstić information content (AvgIpc) is 3.20. The number of aryl methyl sites for hydroxylation is 2. The van der Waals surface area contributed by atoms with E-state index in [1.807, 2.05) is 43.5 Å². The molecule has 0 spiro atoms. The zero-order valence-electron chi connectivity index (χ0n) is 22.0.